The second-order valence-corrected chi connectivity index (χ2v) is 3.60. The molecule has 0 bridgehead atoms. The van der Waals surface area contributed by atoms with Gasteiger partial charge in [-0.05, 0) is 31.9 Å². The van der Waals surface area contributed by atoms with Crippen LogP contribution in [-0.4, -0.2) is 6.04 Å². The van der Waals surface area contributed by atoms with E-state index in [9.17, 15) is 0 Å². The van der Waals surface area contributed by atoms with Gasteiger partial charge in [0, 0.05) is 6.04 Å². The van der Waals surface area contributed by atoms with E-state index in [1.165, 1.54) is 18.4 Å². The Morgan fingerprint density at radius 2 is 2.31 bits per heavy atom. The molecule has 1 aromatic rings. The highest BCUT2D eigenvalue weighted by molar-refractivity contribution is 5.14. The summed E-state index contributed by atoms with van der Waals surface area (Å²) in [5, 5.41) is 3.43. The molecule has 0 aromatic carbocycles. The topological polar surface area (TPSA) is 25.2 Å². The smallest absolute Gasteiger partial charge is 0.120 e. The SMILES string of the molecule is CCCC(C)NCc1occc1C. The molecule has 0 aliphatic rings. The standard InChI is InChI=1S/C11H19NO/c1-4-5-10(3)12-8-11-9(2)6-7-13-11/h6-7,10,12H,4-5,8H2,1-3H3. The Hall–Kier alpha value is -0.760. The van der Waals surface area contributed by atoms with Crippen LogP contribution in [0.2, 0.25) is 0 Å². The third kappa shape index (κ3) is 3.23. The number of furan rings is 1. The molecular weight excluding hydrogens is 162 g/mol. The minimum atomic E-state index is 0.578. The molecule has 1 aromatic heterocycles. The molecule has 1 heterocycles. The maximum absolute atomic E-state index is 5.33. The van der Waals surface area contributed by atoms with Crippen LogP contribution in [0.1, 0.15) is 38.0 Å². The van der Waals surface area contributed by atoms with Crippen molar-refractivity contribution in [2.75, 3.05) is 0 Å². The van der Waals surface area contributed by atoms with Crippen LogP contribution in [0.5, 0.6) is 0 Å². The summed E-state index contributed by atoms with van der Waals surface area (Å²) >= 11 is 0. The van der Waals surface area contributed by atoms with Crippen molar-refractivity contribution >= 4 is 0 Å². The van der Waals surface area contributed by atoms with E-state index >= 15 is 0 Å². The first kappa shape index (κ1) is 10.3. The highest BCUT2D eigenvalue weighted by Crippen LogP contribution is 2.08. The highest BCUT2D eigenvalue weighted by atomic mass is 16.3. The summed E-state index contributed by atoms with van der Waals surface area (Å²) in [6.07, 6.45) is 4.20. The lowest BCUT2D eigenvalue weighted by Crippen LogP contribution is -2.25. The molecule has 0 radical (unpaired) electrons. The van der Waals surface area contributed by atoms with E-state index < -0.39 is 0 Å². The fourth-order valence-electron chi connectivity index (χ4n) is 1.39. The lowest BCUT2D eigenvalue weighted by Gasteiger charge is -2.11. The molecule has 2 heteroatoms. The lowest BCUT2D eigenvalue weighted by molar-refractivity contribution is 0.439. The maximum atomic E-state index is 5.33. The van der Waals surface area contributed by atoms with Gasteiger partial charge in [-0.1, -0.05) is 13.3 Å². The zero-order valence-corrected chi connectivity index (χ0v) is 8.76. The predicted molar refractivity (Wildman–Crippen MR) is 54.7 cm³/mol. The average molecular weight is 181 g/mol. The van der Waals surface area contributed by atoms with Crippen molar-refractivity contribution in [2.24, 2.45) is 0 Å². The van der Waals surface area contributed by atoms with E-state index in [-0.39, 0.29) is 0 Å². The molecule has 2 nitrogen and oxygen atoms in total. The van der Waals surface area contributed by atoms with Crippen LogP contribution in [0, 0.1) is 6.92 Å². The summed E-state index contributed by atoms with van der Waals surface area (Å²) in [6, 6.07) is 2.58. The molecule has 0 spiro atoms. The van der Waals surface area contributed by atoms with Crippen molar-refractivity contribution in [3.8, 4) is 0 Å². The van der Waals surface area contributed by atoms with Gasteiger partial charge in [-0.3, -0.25) is 0 Å². The van der Waals surface area contributed by atoms with E-state index in [4.69, 9.17) is 4.42 Å². The van der Waals surface area contributed by atoms with Crippen molar-refractivity contribution in [1.82, 2.24) is 5.32 Å². The van der Waals surface area contributed by atoms with Crippen LogP contribution >= 0.6 is 0 Å². The molecule has 74 valence electrons. The molecule has 1 unspecified atom stereocenters. The summed E-state index contributed by atoms with van der Waals surface area (Å²) in [5.41, 5.74) is 1.23. The van der Waals surface area contributed by atoms with Gasteiger partial charge in [0.25, 0.3) is 0 Å². The number of hydrogen-bond donors (Lipinski definition) is 1. The van der Waals surface area contributed by atoms with Crippen LogP contribution in [0.25, 0.3) is 0 Å². The Kier molecular flexibility index (Phi) is 4.03. The molecule has 0 amide bonds. The predicted octanol–water partition coefficient (Wildman–Crippen LogP) is 2.87. The van der Waals surface area contributed by atoms with Crippen molar-refractivity contribution in [3.63, 3.8) is 0 Å². The number of aryl methyl sites for hydroxylation is 1. The van der Waals surface area contributed by atoms with Crippen molar-refractivity contribution in [2.45, 2.75) is 46.2 Å². The Morgan fingerprint density at radius 3 is 2.85 bits per heavy atom. The fourth-order valence-corrected chi connectivity index (χ4v) is 1.39. The second kappa shape index (κ2) is 5.07. The van der Waals surface area contributed by atoms with E-state index in [0.29, 0.717) is 6.04 Å². The van der Waals surface area contributed by atoms with Crippen LogP contribution < -0.4 is 5.32 Å². The van der Waals surface area contributed by atoms with Gasteiger partial charge in [0.05, 0.1) is 12.8 Å². The third-order valence-corrected chi connectivity index (χ3v) is 2.30. The minimum absolute atomic E-state index is 0.578. The molecule has 0 fully saturated rings. The normalized spacial score (nSPS) is 13.2. The minimum Gasteiger partial charge on any atom is -0.468 e. The van der Waals surface area contributed by atoms with Crippen LogP contribution in [0.4, 0.5) is 0 Å². The van der Waals surface area contributed by atoms with Crippen LogP contribution in [0.15, 0.2) is 16.7 Å². The molecule has 0 aliphatic heterocycles. The lowest BCUT2D eigenvalue weighted by atomic mass is 10.2. The molecule has 13 heavy (non-hydrogen) atoms. The average Bonchev–Trinajstić information content (AvgIpc) is 2.48. The van der Waals surface area contributed by atoms with Gasteiger partial charge >= 0.3 is 0 Å². The Morgan fingerprint density at radius 1 is 1.54 bits per heavy atom. The van der Waals surface area contributed by atoms with Gasteiger partial charge in [-0.2, -0.15) is 0 Å². The van der Waals surface area contributed by atoms with Crippen LogP contribution in [-0.2, 0) is 6.54 Å². The zero-order chi connectivity index (χ0) is 9.68. The Balaban J connectivity index is 2.30. The number of rotatable bonds is 5. The van der Waals surface area contributed by atoms with Gasteiger partial charge in [-0.25, -0.2) is 0 Å². The third-order valence-electron chi connectivity index (χ3n) is 2.30. The first-order chi connectivity index (χ1) is 6.24. The van der Waals surface area contributed by atoms with Crippen molar-refractivity contribution < 1.29 is 4.42 Å². The van der Waals surface area contributed by atoms with Gasteiger partial charge in [-0.15, -0.1) is 0 Å². The summed E-state index contributed by atoms with van der Waals surface area (Å²) in [6.45, 7) is 7.34. The molecule has 1 rings (SSSR count). The van der Waals surface area contributed by atoms with Crippen molar-refractivity contribution in [3.05, 3.63) is 23.7 Å². The van der Waals surface area contributed by atoms with Crippen LogP contribution in [0.3, 0.4) is 0 Å². The fraction of sp³-hybridized carbons (Fsp3) is 0.636. The number of nitrogens with one attached hydrogen (secondary N) is 1. The quantitative estimate of drug-likeness (QED) is 0.755. The second-order valence-electron chi connectivity index (χ2n) is 3.60. The monoisotopic (exact) mass is 181 g/mol. The summed E-state index contributed by atoms with van der Waals surface area (Å²) in [4.78, 5) is 0. The first-order valence-corrected chi connectivity index (χ1v) is 5.00. The molecule has 1 atom stereocenters. The molecule has 0 aliphatic carbocycles. The molecule has 0 saturated heterocycles. The molecule has 0 saturated carbocycles. The van der Waals surface area contributed by atoms with Gasteiger partial charge in [0.15, 0.2) is 0 Å². The van der Waals surface area contributed by atoms with E-state index in [1.54, 1.807) is 6.26 Å². The Labute approximate surface area is 80.3 Å². The Bertz CT molecular complexity index is 242. The van der Waals surface area contributed by atoms with Gasteiger partial charge in [0.2, 0.25) is 0 Å². The van der Waals surface area contributed by atoms with Gasteiger partial charge in [0.1, 0.15) is 5.76 Å². The molecule has 1 N–H and O–H groups in total. The molecular formula is C11H19NO. The van der Waals surface area contributed by atoms with Crippen molar-refractivity contribution in [1.29, 1.82) is 0 Å². The highest BCUT2D eigenvalue weighted by Gasteiger charge is 2.03. The maximum Gasteiger partial charge on any atom is 0.120 e. The van der Waals surface area contributed by atoms with E-state index in [2.05, 4.69) is 26.1 Å². The zero-order valence-electron chi connectivity index (χ0n) is 8.76. The summed E-state index contributed by atoms with van der Waals surface area (Å²) in [5.74, 6) is 1.06. The first-order valence-electron chi connectivity index (χ1n) is 5.00. The summed E-state index contributed by atoms with van der Waals surface area (Å²) < 4.78 is 5.33. The van der Waals surface area contributed by atoms with E-state index in [0.717, 1.165) is 12.3 Å². The van der Waals surface area contributed by atoms with Gasteiger partial charge < -0.3 is 9.73 Å². The summed E-state index contributed by atoms with van der Waals surface area (Å²) in [7, 11) is 0. The number of hydrogen-bond acceptors (Lipinski definition) is 2. The van der Waals surface area contributed by atoms with E-state index in [1.807, 2.05) is 6.07 Å². The largest absolute Gasteiger partial charge is 0.468 e.